The van der Waals surface area contributed by atoms with Crippen molar-refractivity contribution in [1.82, 2.24) is 0 Å². The van der Waals surface area contributed by atoms with Crippen LogP contribution in [0.5, 0.6) is 0 Å². The molecule has 0 aromatic rings. The van der Waals surface area contributed by atoms with Gasteiger partial charge in [0.2, 0.25) is 0 Å². The van der Waals surface area contributed by atoms with E-state index in [1.165, 1.54) is 19.3 Å². The van der Waals surface area contributed by atoms with Crippen LogP contribution in [0, 0.1) is 0 Å². The van der Waals surface area contributed by atoms with E-state index in [1.807, 2.05) is 0 Å². The third-order valence-corrected chi connectivity index (χ3v) is 5.61. The topological polar surface area (TPSA) is 27.7 Å². The molecular weight excluding hydrogens is 256 g/mol. The molecule has 3 nitrogen and oxygen atoms in total. The highest BCUT2D eigenvalue weighted by molar-refractivity contribution is 6.83. The van der Waals surface area contributed by atoms with Gasteiger partial charge in [-0.3, -0.25) is 0 Å². The lowest BCUT2D eigenvalue weighted by atomic mass is 10.2. The van der Waals surface area contributed by atoms with Gasteiger partial charge in [-0.05, 0) is 26.2 Å². The smallest absolute Gasteiger partial charge is 0.146 e. The maximum absolute atomic E-state index is 5.40. The molecule has 114 valence electrons. The van der Waals surface area contributed by atoms with E-state index < -0.39 is 8.07 Å². The highest BCUT2D eigenvalue weighted by Crippen LogP contribution is 2.20. The standard InChI is InChI=1S/C15H32O3Si/c1-6-15(19(3,4)5)10-8-7-9-11-17-14-18-13-12-16-2/h6H,7-14H2,1-5H3/b15-6-. The van der Waals surface area contributed by atoms with Gasteiger partial charge in [0.05, 0.1) is 21.3 Å². The van der Waals surface area contributed by atoms with Crippen LogP contribution in [0.2, 0.25) is 19.6 Å². The first kappa shape index (κ1) is 18.8. The number of hydrogen-bond acceptors (Lipinski definition) is 3. The Balaban J connectivity index is 3.36. The molecule has 0 atom stereocenters. The summed E-state index contributed by atoms with van der Waals surface area (Å²) in [6.07, 6.45) is 7.22. The summed E-state index contributed by atoms with van der Waals surface area (Å²) in [7, 11) is 0.588. The Labute approximate surface area is 120 Å². The van der Waals surface area contributed by atoms with E-state index >= 15 is 0 Å². The van der Waals surface area contributed by atoms with Crippen LogP contribution in [-0.2, 0) is 14.2 Å². The molecule has 0 aliphatic carbocycles. The van der Waals surface area contributed by atoms with E-state index in [4.69, 9.17) is 14.2 Å². The van der Waals surface area contributed by atoms with Crippen molar-refractivity contribution in [2.45, 2.75) is 52.2 Å². The molecule has 0 amide bonds. The summed E-state index contributed by atoms with van der Waals surface area (Å²) in [4.78, 5) is 0. The Bertz CT molecular complexity index is 234. The Morgan fingerprint density at radius 2 is 1.63 bits per heavy atom. The lowest BCUT2D eigenvalue weighted by Crippen LogP contribution is -2.23. The zero-order valence-electron chi connectivity index (χ0n) is 13.5. The first-order valence-electron chi connectivity index (χ1n) is 7.32. The Morgan fingerprint density at radius 3 is 2.21 bits per heavy atom. The van der Waals surface area contributed by atoms with Crippen molar-refractivity contribution in [2.24, 2.45) is 0 Å². The zero-order valence-corrected chi connectivity index (χ0v) is 14.5. The predicted molar refractivity (Wildman–Crippen MR) is 84.2 cm³/mol. The van der Waals surface area contributed by atoms with Crippen molar-refractivity contribution in [3.05, 3.63) is 11.3 Å². The fourth-order valence-corrected chi connectivity index (χ4v) is 3.76. The van der Waals surface area contributed by atoms with E-state index in [-0.39, 0.29) is 0 Å². The van der Waals surface area contributed by atoms with Crippen molar-refractivity contribution in [3.63, 3.8) is 0 Å². The first-order chi connectivity index (χ1) is 9.02. The van der Waals surface area contributed by atoms with Crippen molar-refractivity contribution >= 4 is 8.07 Å². The van der Waals surface area contributed by atoms with Crippen LogP contribution in [0.25, 0.3) is 0 Å². The number of ether oxygens (including phenoxy) is 3. The molecule has 0 aromatic heterocycles. The molecule has 19 heavy (non-hydrogen) atoms. The molecule has 0 rings (SSSR count). The fourth-order valence-electron chi connectivity index (χ4n) is 1.97. The average Bonchev–Trinajstić information content (AvgIpc) is 2.34. The molecule has 0 spiro atoms. The van der Waals surface area contributed by atoms with Gasteiger partial charge in [0.1, 0.15) is 6.79 Å². The van der Waals surface area contributed by atoms with Gasteiger partial charge in [-0.1, -0.05) is 37.3 Å². The van der Waals surface area contributed by atoms with Gasteiger partial charge in [-0.2, -0.15) is 0 Å². The van der Waals surface area contributed by atoms with Gasteiger partial charge in [-0.25, -0.2) is 0 Å². The van der Waals surface area contributed by atoms with Gasteiger partial charge < -0.3 is 14.2 Å². The minimum atomic E-state index is -1.08. The van der Waals surface area contributed by atoms with Crippen LogP contribution in [0.3, 0.4) is 0 Å². The Kier molecular flexibility index (Phi) is 11.5. The molecule has 0 saturated heterocycles. The van der Waals surface area contributed by atoms with Crippen LogP contribution in [0.4, 0.5) is 0 Å². The largest absolute Gasteiger partial charge is 0.382 e. The molecule has 0 aliphatic rings. The van der Waals surface area contributed by atoms with Crippen molar-refractivity contribution in [1.29, 1.82) is 0 Å². The molecule has 0 saturated carbocycles. The quantitative estimate of drug-likeness (QED) is 0.308. The van der Waals surface area contributed by atoms with Crippen molar-refractivity contribution in [3.8, 4) is 0 Å². The Morgan fingerprint density at radius 1 is 0.947 bits per heavy atom. The second-order valence-corrected chi connectivity index (χ2v) is 10.9. The van der Waals surface area contributed by atoms with Crippen molar-refractivity contribution in [2.75, 3.05) is 33.7 Å². The van der Waals surface area contributed by atoms with Crippen LogP contribution >= 0.6 is 0 Å². The number of allylic oxidation sites excluding steroid dienone is 2. The second kappa shape index (κ2) is 11.6. The fraction of sp³-hybridized carbons (Fsp3) is 0.867. The van der Waals surface area contributed by atoms with Gasteiger partial charge in [0, 0.05) is 13.7 Å². The maximum Gasteiger partial charge on any atom is 0.146 e. The van der Waals surface area contributed by atoms with Crippen LogP contribution in [0.15, 0.2) is 11.3 Å². The lowest BCUT2D eigenvalue weighted by Gasteiger charge is -2.20. The molecule has 0 N–H and O–H groups in total. The van der Waals surface area contributed by atoms with Crippen LogP contribution < -0.4 is 0 Å². The SMILES string of the molecule is C/C=C(/CCCCCOCOCCOC)[Si](C)(C)C. The van der Waals surface area contributed by atoms with Gasteiger partial charge in [0.25, 0.3) is 0 Å². The van der Waals surface area contributed by atoms with E-state index in [0.717, 1.165) is 13.0 Å². The number of methoxy groups -OCH3 is 1. The monoisotopic (exact) mass is 288 g/mol. The zero-order chi connectivity index (χ0) is 14.6. The molecule has 0 aliphatic heterocycles. The molecule has 0 unspecified atom stereocenters. The molecule has 0 aromatic carbocycles. The molecule has 0 heterocycles. The summed E-state index contributed by atoms with van der Waals surface area (Å²) in [5, 5.41) is 1.69. The molecule has 0 fully saturated rings. The summed E-state index contributed by atoms with van der Waals surface area (Å²) in [5.74, 6) is 0. The lowest BCUT2D eigenvalue weighted by molar-refractivity contribution is -0.0663. The summed E-state index contributed by atoms with van der Waals surface area (Å²) in [5.41, 5.74) is 0. The van der Waals surface area contributed by atoms with Gasteiger partial charge in [-0.15, -0.1) is 0 Å². The van der Waals surface area contributed by atoms with Crippen LogP contribution in [0.1, 0.15) is 32.6 Å². The van der Waals surface area contributed by atoms with E-state index in [9.17, 15) is 0 Å². The summed E-state index contributed by atoms with van der Waals surface area (Å²) < 4.78 is 15.5. The highest BCUT2D eigenvalue weighted by atomic mass is 28.3. The molecule has 4 heteroatoms. The predicted octanol–water partition coefficient (Wildman–Crippen LogP) is 4.01. The Hall–Kier alpha value is -0.163. The summed E-state index contributed by atoms with van der Waals surface area (Å²) in [6.45, 7) is 11.9. The third kappa shape index (κ3) is 11.4. The number of rotatable bonds is 12. The van der Waals surface area contributed by atoms with Gasteiger partial charge >= 0.3 is 0 Å². The second-order valence-electron chi connectivity index (χ2n) is 5.80. The first-order valence-corrected chi connectivity index (χ1v) is 10.8. The van der Waals surface area contributed by atoms with Crippen molar-refractivity contribution < 1.29 is 14.2 Å². The maximum atomic E-state index is 5.40. The minimum Gasteiger partial charge on any atom is -0.382 e. The van der Waals surface area contributed by atoms with E-state index in [0.29, 0.717) is 20.0 Å². The number of hydrogen-bond donors (Lipinski definition) is 0. The minimum absolute atomic E-state index is 0.387. The third-order valence-electron chi connectivity index (χ3n) is 3.15. The molecular formula is C15H32O3Si. The number of unbranched alkanes of at least 4 members (excludes halogenated alkanes) is 2. The van der Waals surface area contributed by atoms with Gasteiger partial charge in [0.15, 0.2) is 0 Å². The van der Waals surface area contributed by atoms with Crippen LogP contribution in [-0.4, -0.2) is 41.8 Å². The highest BCUT2D eigenvalue weighted by Gasteiger charge is 2.17. The summed E-state index contributed by atoms with van der Waals surface area (Å²) >= 11 is 0. The molecule has 0 bridgehead atoms. The normalized spacial score (nSPS) is 13.0. The summed E-state index contributed by atoms with van der Waals surface area (Å²) in [6, 6.07) is 0. The molecule has 0 radical (unpaired) electrons. The van der Waals surface area contributed by atoms with E-state index in [1.54, 1.807) is 12.3 Å². The van der Waals surface area contributed by atoms with E-state index in [2.05, 4.69) is 32.6 Å². The average molecular weight is 289 g/mol.